The van der Waals surface area contributed by atoms with Crippen LogP contribution in [-0.2, 0) is 4.84 Å². The highest BCUT2D eigenvalue weighted by Gasteiger charge is 2.30. The lowest BCUT2D eigenvalue weighted by molar-refractivity contribution is 0.229. The average molecular weight is 180 g/mol. The van der Waals surface area contributed by atoms with Gasteiger partial charge >= 0.3 is 0 Å². The Morgan fingerprint density at radius 2 is 2.38 bits per heavy atom. The highest BCUT2D eigenvalue weighted by molar-refractivity contribution is 5.87. The molecule has 2 aliphatic rings. The monoisotopic (exact) mass is 180 g/mol. The molecule has 1 aliphatic carbocycles. The van der Waals surface area contributed by atoms with Crippen LogP contribution in [0, 0.1) is 11.8 Å². The Morgan fingerprint density at radius 3 is 3.15 bits per heavy atom. The Hall–Kier alpha value is -0.990. The van der Waals surface area contributed by atoms with E-state index in [-0.39, 0.29) is 0 Å². The van der Waals surface area contributed by atoms with Crippen LogP contribution >= 0.6 is 0 Å². The van der Waals surface area contributed by atoms with Gasteiger partial charge in [-0.3, -0.25) is 0 Å². The molecule has 0 amide bonds. The van der Waals surface area contributed by atoms with Crippen molar-refractivity contribution in [3.8, 4) is 0 Å². The molecule has 0 aromatic rings. The van der Waals surface area contributed by atoms with Crippen LogP contribution in [-0.4, -0.2) is 12.9 Å². The Bertz CT molecular complexity index is 258. The molecule has 2 rings (SSSR count). The third-order valence-corrected chi connectivity index (χ3v) is 2.78. The van der Waals surface area contributed by atoms with E-state index in [0.29, 0.717) is 11.8 Å². The molecule has 0 saturated carbocycles. The lowest BCUT2D eigenvalue weighted by atomic mass is 10.0. The second kappa shape index (κ2) is 3.40. The molecule has 0 aromatic carbocycles. The van der Waals surface area contributed by atoms with E-state index in [1.54, 1.807) is 0 Å². The first kappa shape index (κ1) is 8.60. The average Bonchev–Trinajstić information content (AvgIpc) is 2.39. The Labute approximate surface area is 78.8 Å². The van der Waals surface area contributed by atoms with Gasteiger partial charge in [-0.05, 0) is 24.8 Å². The van der Waals surface area contributed by atoms with Gasteiger partial charge in [0.1, 0.15) is 5.76 Å². The van der Waals surface area contributed by atoms with Crippen LogP contribution in [0.25, 0.3) is 0 Å². The number of amidine groups is 1. The maximum absolute atomic E-state index is 5.30. The van der Waals surface area contributed by atoms with Crippen molar-refractivity contribution in [2.24, 2.45) is 17.0 Å². The summed E-state index contributed by atoms with van der Waals surface area (Å²) in [5.41, 5.74) is 0. The molecule has 3 heteroatoms. The molecule has 1 aliphatic heterocycles. The smallest absolute Gasteiger partial charge is 0.153 e. The Kier molecular flexibility index (Phi) is 2.25. The molecule has 13 heavy (non-hydrogen) atoms. The van der Waals surface area contributed by atoms with E-state index >= 15 is 0 Å². The van der Waals surface area contributed by atoms with Crippen LogP contribution in [0.15, 0.2) is 17.0 Å². The molecule has 1 N–H and O–H groups in total. The van der Waals surface area contributed by atoms with Gasteiger partial charge in [-0.2, -0.15) is 0 Å². The molecule has 72 valence electrons. The lowest BCUT2D eigenvalue weighted by Gasteiger charge is -2.08. The van der Waals surface area contributed by atoms with Crippen molar-refractivity contribution in [3.05, 3.63) is 11.8 Å². The zero-order valence-corrected chi connectivity index (χ0v) is 8.21. The molecule has 0 spiro atoms. The van der Waals surface area contributed by atoms with Gasteiger partial charge in [0.15, 0.2) is 5.84 Å². The first-order chi connectivity index (χ1) is 6.31. The van der Waals surface area contributed by atoms with Crippen LogP contribution in [0.4, 0.5) is 0 Å². The third kappa shape index (κ3) is 1.55. The van der Waals surface area contributed by atoms with Crippen LogP contribution in [0.1, 0.15) is 26.2 Å². The zero-order valence-electron chi connectivity index (χ0n) is 8.21. The van der Waals surface area contributed by atoms with Gasteiger partial charge in [0.2, 0.25) is 0 Å². The normalized spacial score (nSPS) is 32.5. The third-order valence-electron chi connectivity index (χ3n) is 2.78. The van der Waals surface area contributed by atoms with E-state index in [1.807, 2.05) is 7.05 Å². The van der Waals surface area contributed by atoms with Crippen molar-refractivity contribution in [1.82, 2.24) is 5.32 Å². The summed E-state index contributed by atoms with van der Waals surface area (Å²) in [5, 5.41) is 7.10. The van der Waals surface area contributed by atoms with Crippen LogP contribution in [0.3, 0.4) is 0 Å². The van der Waals surface area contributed by atoms with E-state index < -0.39 is 0 Å². The molecule has 2 unspecified atom stereocenters. The number of fused-ring (bicyclic) bond motifs is 1. The topological polar surface area (TPSA) is 33.6 Å². The fraction of sp³-hybridized carbons (Fsp3) is 0.700. The second-order valence-electron chi connectivity index (χ2n) is 3.85. The maximum Gasteiger partial charge on any atom is 0.153 e. The van der Waals surface area contributed by atoms with Gasteiger partial charge in [-0.15, -0.1) is 0 Å². The summed E-state index contributed by atoms with van der Waals surface area (Å²) in [6.45, 7) is 2.23. The molecular weight excluding hydrogens is 164 g/mol. The number of allylic oxidation sites excluding steroid dienone is 1. The molecule has 0 radical (unpaired) electrons. The minimum atomic E-state index is 0.398. The largest absolute Gasteiger partial charge is 0.373 e. The number of hydrogen-bond acceptors (Lipinski definition) is 3. The van der Waals surface area contributed by atoms with Gasteiger partial charge in [-0.25, -0.2) is 0 Å². The molecule has 0 fully saturated rings. The number of oxime groups is 1. The highest BCUT2D eigenvalue weighted by atomic mass is 16.6. The minimum Gasteiger partial charge on any atom is -0.373 e. The van der Waals surface area contributed by atoms with Gasteiger partial charge in [0.05, 0.1) is 5.92 Å². The lowest BCUT2D eigenvalue weighted by Crippen LogP contribution is -2.24. The van der Waals surface area contributed by atoms with E-state index in [4.69, 9.17) is 4.84 Å². The molecule has 0 bridgehead atoms. The molecule has 3 nitrogen and oxygen atoms in total. The van der Waals surface area contributed by atoms with Gasteiger partial charge in [0, 0.05) is 7.05 Å². The molecule has 1 heterocycles. The highest BCUT2D eigenvalue weighted by Crippen LogP contribution is 2.31. The first-order valence-electron chi connectivity index (χ1n) is 4.95. The summed E-state index contributed by atoms with van der Waals surface area (Å²) in [5.74, 6) is 3.07. The van der Waals surface area contributed by atoms with Crippen LogP contribution in [0.5, 0.6) is 0 Å². The SMILES string of the molecule is CNC1=NOC2=CC(C)CCCC21. The molecular formula is C10H16N2O. The molecule has 0 saturated heterocycles. The first-order valence-corrected chi connectivity index (χ1v) is 4.95. The van der Waals surface area contributed by atoms with E-state index in [0.717, 1.165) is 18.0 Å². The number of rotatable bonds is 0. The van der Waals surface area contributed by atoms with Crippen LogP contribution in [0.2, 0.25) is 0 Å². The fourth-order valence-corrected chi connectivity index (χ4v) is 2.02. The summed E-state index contributed by atoms with van der Waals surface area (Å²) < 4.78 is 0. The summed E-state index contributed by atoms with van der Waals surface area (Å²) >= 11 is 0. The van der Waals surface area contributed by atoms with E-state index in [1.165, 1.54) is 12.8 Å². The quantitative estimate of drug-likeness (QED) is 0.617. The second-order valence-corrected chi connectivity index (χ2v) is 3.85. The minimum absolute atomic E-state index is 0.398. The molecule has 2 atom stereocenters. The van der Waals surface area contributed by atoms with Gasteiger partial charge in [-0.1, -0.05) is 18.5 Å². The summed E-state index contributed by atoms with van der Waals surface area (Å²) in [7, 11) is 1.90. The Balaban J connectivity index is 2.18. The van der Waals surface area contributed by atoms with Crippen molar-refractivity contribution in [2.45, 2.75) is 26.2 Å². The zero-order chi connectivity index (χ0) is 9.26. The van der Waals surface area contributed by atoms with E-state index in [2.05, 4.69) is 23.5 Å². The Morgan fingerprint density at radius 1 is 1.54 bits per heavy atom. The predicted octanol–water partition coefficient (Wildman–Crippen LogP) is 1.87. The van der Waals surface area contributed by atoms with Crippen molar-refractivity contribution in [1.29, 1.82) is 0 Å². The summed E-state index contributed by atoms with van der Waals surface area (Å²) in [4.78, 5) is 5.30. The molecule has 0 aromatic heterocycles. The van der Waals surface area contributed by atoms with Crippen molar-refractivity contribution in [2.75, 3.05) is 7.05 Å². The standard InChI is InChI=1S/C10H16N2O/c1-7-4-3-5-8-9(6-7)13-12-10(8)11-2/h6-8H,3-5H2,1-2H3,(H,11,12). The number of nitrogens with one attached hydrogen (secondary N) is 1. The van der Waals surface area contributed by atoms with E-state index in [9.17, 15) is 0 Å². The number of nitrogens with zero attached hydrogens (tertiary/aromatic N) is 1. The summed E-state index contributed by atoms with van der Waals surface area (Å²) in [6.07, 6.45) is 5.90. The maximum atomic E-state index is 5.30. The van der Waals surface area contributed by atoms with Crippen molar-refractivity contribution >= 4 is 5.84 Å². The predicted molar refractivity (Wildman–Crippen MR) is 52.2 cm³/mol. The van der Waals surface area contributed by atoms with Gasteiger partial charge < -0.3 is 10.2 Å². The van der Waals surface area contributed by atoms with Crippen molar-refractivity contribution in [3.63, 3.8) is 0 Å². The number of hydrogen-bond donors (Lipinski definition) is 1. The summed E-state index contributed by atoms with van der Waals surface area (Å²) in [6, 6.07) is 0. The fourth-order valence-electron chi connectivity index (χ4n) is 2.02. The van der Waals surface area contributed by atoms with Gasteiger partial charge in [0.25, 0.3) is 0 Å². The van der Waals surface area contributed by atoms with Crippen molar-refractivity contribution < 1.29 is 4.84 Å². The van der Waals surface area contributed by atoms with Crippen LogP contribution < -0.4 is 5.32 Å².